The Morgan fingerprint density at radius 1 is 1.10 bits per heavy atom. The number of benzene rings is 2. The molecule has 2 aromatic carbocycles. The molecule has 0 bridgehead atoms. The molecule has 4 N–H and O–H groups in total. The van der Waals surface area contributed by atoms with Crippen molar-refractivity contribution in [1.82, 2.24) is 10.2 Å². The van der Waals surface area contributed by atoms with E-state index in [1.807, 2.05) is 32.0 Å². The number of carbonyl (C=O) groups is 3. The summed E-state index contributed by atoms with van der Waals surface area (Å²) in [7, 11) is 1.54. The minimum atomic E-state index is -0.743. The highest BCUT2D eigenvalue weighted by atomic mass is 35.5. The molecule has 2 aromatic rings. The largest absolute Gasteiger partial charge is 0.352 e. The van der Waals surface area contributed by atoms with E-state index in [1.54, 1.807) is 24.3 Å². The maximum atomic E-state index is 12.6. The van der Waals surface area contributed by atoms with Crippen LogP contribution in [0.1, 0.15) is 29.2 Å². The molecular formula is C21H25ClN4O3. The number of aryl methyl sites for hydroxylation is 2. The molecule has 0 aromatic heterocycles. The van der Waals surface area contributed by atoms with Gasteiger partial charge in [0.2, 0.25) is 11.8 Å². The second kappa shape index (κ2) is 9.93. The maximum absolute atomic E-state index is 12.6. The van der Waals surface area contributed by atoms with Crippen LogP contribution in [0.2, 0.25) is 5.02 Å². The highest BCUT2D eigenvalue weighted by Gasteiger charge is 2.21. The molecular weight excluding hydrogens is 392 g/mol. The lowest BCUT2D eigenvalue weighted by Crippen LogP contribution is -2.39. The van der Waals surface area contributed by atoms with Crippen molar-refractivity contribution >= 4 is 35.1 Å². The Hall–Kier alpha value is -3.06. The van der Waals surface area contributed by atoms with Gasteiger partial charge in [-0.15, -0.1) is 0 Å². The first-order valence-corrected chi connectivity index (χ1v) is 9.46. The minimum absolute atomic E-state index is 0.0438. The van der Waals surface area contributed by atoms with Gasteiger partial charge in [0.1, 0.15) is 0 Å². The van der Waals surface area contributed by atoms with E-state index in [2.05, 4.69) is 10.6 Å². The maximum Gasteiger partial charge on any atom is 0.312 e. The van der Waals surface area contributed by atoms with Gasteiger partial charge < -0.3 is 21.3 Å². The number of anilines is 1. The number of likely N-dealkylation sites (N-methyl/N-ethyl adjacent to an activating group) is 1. The van der Waals surface area contributed by atoms with Gasteiger partial charge in [-0.1, -0.05) is 35.9 Å². The van der Waals surface area contributed by atoms with Gasteiger partial charge >= 0.3 is 6.03 Å². The number of carbonyl (C=O) groups excluding carboxylic acids is 3. The summed E-state index contributed by atoms with van der Waals surface area (Å²) in [5, 5.41) is 5.92. The topological polar surface area (TPSA) is 105 Å². The van der Waals surface area contributed by atoms with E-state index in [-0.39, 0.29) is 24.8 Å². The third-order valence-electron chi connectivity index (χ3n) is 4.44. The summed E-state index contributed by atoms with van der Waals surface area (Å²) in [4.78, 5) is 37.6. The third-order valence-corrected chi connectivity index (χ3v) is 4.69. The van der Waals surface area contributed by atoms with Gasteiger partial charge in [-0.05, 0) is 48.7 Å². The molecule has 7 nitrogen and oxygen atoms in total. The summed E-state index contributed by atoms with van der Waals surface area (Å²) < 4.78 is 0. The predicted molar refractivity (Wildman–Crippen MR) is 114 cm³/mol. The van der Waals surface area contributed by atoms with Gasteiger partial charge in [0.15, 0.2) is 0 Å². The second-order valence-electron chi connectivity index (χ2n) is 6.93. The molecule has 0 spiro atoms. The standard InChI is InChI=1S/C21H25ClN4O3/c1-13-4-5-14(2)17(10-13)24-19(27)12-26(3)20(28)11-18(25-21(23)29)15-6-8-16(22)9-7-15/h4-10,18H,11-12H2,1-3H3,(H,24,27)(H3,23,25,29)/t18-/m1/s1. The lowest BCUT2D eigenvalue weighted by molar-refractivity contribution is -0.133. The van der Waals surface area contributed by atoms with Gasteiger partial charge in [0.25, 0.3) is 0 Å². The SMILES string of the molecule is Cc1ccc(C)c(NC(=O)CN(C)C(=O)C[C@@H](NC(N)=O)c2ccc(Cl)cc2)c1. The number of nitrogens with zero attached hydrogens (tertiary/aromatic N) is 1. The van der Waals surface area contributed by atoms with Crippen molar-refractivity contribution < 1.29 is 14.4 Å². The van der Waals surface area contributed by atoms with E-state index >= 15 is 0 Å². The molecule has 8 heteroatoms. The van der Waals surface area contributed by atoms with Crippen LogP contribution in [0.15, 0.2) is 42.5 Å². The van der Waals surface area contributed by atoms with E-state index in [1.165, 1.54) is 11.9 Å². The monoisotopic (exact) mass is 416 g/mol. The number of rotatable bonds is 7. The first-order chi connectivity index (χ1) is 13.7. The lowest BCUT2D eigenvalue weighted by atomic mass is 10.0. The molecule has 0 unspecified atom stereocenters. The third kappa shape index (κ3) is 6.80. The van der Waals surface area contributed by atoms with Crippen molar-refractivity contribution in [2.45, 2.75) is 26.3 Å². The Morgan fingerprint density at radius 2 is 1.76 bits per heavy atom. The van der Waals surface area contributed by atoms with E-state index < -0.39 is 12.1 Å². The molecule has 154 valence electrons. The first kappa shape index (κ1) is 22.2. The summed E-state index contributed by atoms with van der Waals surface area (Å²) in [5.41, 5.74) is 8.61. The Bertz CT molecular complexity index is 899. The number of primary amides is 1. The van der Waals surface area contributed by atoms with Gasteiger partial charge in [-0.2, -0.15) is 0 Å². The molecule has 0 aliphatic heterocycles. The van der Waals surface area contributed by atoms with Crippen LogP contribution in [0.25, 0.3) is 0 Å². The fourth-order valence-corrected chi connectivity index (χ4v) is 2.94. The van der Waals surface area contributed by atoms with Gasteiger partial charge in [-0.25, -0.2) is 4.79 Å². The van der Waals surface area contributed by atoms with Crippen LogP contribution in [0.4, 0.5) is 10.5 Å². The Morgan fingerprint density at radius 3 is 2.38 bits per heavy atom. The number of halogens is 1. The lowest BCUT2D eigenvalue weighted by Gasteiger charge is -2.22. The molecule has 29 heavy (non-hydrogen) atoms. The van der Waals surface area contributed by atoms with Crippen molar-refractivity contribution in [2.24, 2.45) is 5.73 Å². The van der Waals surface area contributed by atoms with Crippen molar-refractivity contribution in [3.8, 4) is 0 Å². The molecule has 0 radical (unpaired) electrons. The van der Waals surface area contributed by atoms with Crippen LogP contribution in [-0.2, 0) is 9.59 Å². The zero-order valence-electron chi connectivity index (χ0n) is 16.7. The van der Waals surface area contributed by atoms with Crippen LogP contribution in [-0.4, -0.2) is 36.3 Å². The highest BCUT2D eigenvalue weighted by Crippen LogP contribution is 2.20. The zero-order valence-corrected chi connectivity index (χ0v) is 17.4. The zero-order chi connectivity index (χ0) is 21.6. The summed E-state index contributed by atoms with van der Waals surface area (Å²) in [6, 6.07) is 11.1. The summed E-state index contributed by atoms with van der Waals surface area (Å²) in [6.07, 6.45) is -0.0438. The minimum Gasteiger partial charge on any atom is -0.352 e. The predicted octanol–water partition coefficient (Wildman–Crippen LogP) is 3.15. The second-order valence-corrected chi connectivity index (χ2v) is 7.37. The molecule has 0 aliphatic carbocycles. The van der Waals surface area contributed by atoms with E-state index in [9.17, 15) is 14.4 Å². The molecule has 1 atom stereocenters. The van der Waals surface area contributed by atoms with E-state index in [0.717, 1.165) is 11.1 Å². The van der Waals surface area contributed by atoms with Crippen molar-refractivity contribution in [3.05, 3.63) is 64.2 Å². The molecule has 0 saturated carbocycles. The molecule has 0 fully saturated rings. The quantitative estimate of drug-likeness (QED) is 0.645. The molecule has 0 aliphatic rings. The Kier molecular flexibility index (Phi) is 7.61. The van der Waals surface area contributed by atoms with Crippen LogP contribution >= 0.6 is 11.6 Å². The Balaban J connectivity index is 2.01. The van der Waals surface area contributed by atoms with Gasteiger partial charge in [0, 0.05) is 17.8 Å². The van der Waals surface area contributed by atoms with Crippen molar-refractivity contribution in [1.29, 1.82) is 0 Å². The van der Waals surface area contributed by atoms with Gasteiger partial charge in [0.05, 0.1) is 19.0 Å². The van der Waals surface area contributed by atoms with Crippen LogP contribution in [0.3, 0.4) is 0 Å². The smallest absolute Gasteiger partial charge is 0.312 e. The normalized spacial score (nSPS) is 11.4. The average Bonchev–Trinajstić information content (AvgIpc) is 2.64. The summed E-state index contributed by atoms with van der Waals surface area (Å²) in [6.45, 7) is 3.72. The number of hydrogen-bond donors (Lipinski definition) is 3. The number of nitrogens with one attached hydrogen (secondary N) is 2. The fourth-order valence-electron chi connectivity index (χ4n) is 2.81. The molecule has 0 saturated heterocycles. The van der Waals surface area contributed by atoms with E-state index in [0.29, 0.717) is 16.3 Å². The number of nitrogens with two attached hydrogens (primary N) is 1. The van der Waals surface area contributed by atoms with Crippen molar-refractivity contribution in [3.63, 3.8) is 0 Å². The highest BCUT2D eigenvalue weighted by molar-refractivity contribution is 6.30. The van der Waals surface area contributed by atoms with Gasteiger partial charge in [-0.3, -0.25) is 9.59 Å². The number of urea groups is 1. The van der Waals surface area contributed by atoms with Crippen LogP contribution in [0.5, 0.6) is 0 Å². The molecule has 0 heterocycles. The molecule has 4 amide bonds. The summed E-state index contributed by atoms with van der Waals surface area (Å²) >= 11 is 5.89. The Labute approximate surface area is 175 Å². The van der Waals surface area contributed by atoms with Crippen LogP contribution < -0.4 is 16.4 Å². The first-order valence-electron chi connectivity index (χ1n) is 9.08. The van der Waals surface area contributed by atoms with E-state index in [4.69, 9.17) is 17.3 Å². The fraction of sp³-hybridized carbons (Fsp3) is 0.286. The molecule has 2 rings (SSSR count). The number of hydrogen-bond acceptors (Lipinski definition) is 3. The van der Waals surface area contributed by atoms with Crippen molar-refractivity contribution in [2.75, 3.05) is 18.9 Å². The van der Waals surface area contributed by atoms with Crippen LogP contribution in [0, 0.1) is 13.8 Å². The summed E-state index contributed by atoms with van der Waals surface area (Å²) in [5.74, 6) is -0.615. The average molecular weight is 417 g/mol. The number of amides is 4.